The monoisotopic (exact) mass is 364 g/mol. The van der Waals surface area contributed by atoms with Gasteiger partial charge in [0.1, 0.15) is 30.4 Å². The lowest BCUT2D eigenvalue weighted by atomic mass is 9.86. The van der Waals surface area contributed by atoms with Gasteiger partial charge in [0.15, 0.2) is 11.4 Å². The first-order valence-electron chi connectivity index (χ1n) is 6.01. The Kier molecular flexibility index (Phi) is 3.87. The second-order valence-electron chi connectivity index (χ2n) is 5.06. The van der Waals surface area contributed by atoms with Crippen LogP contribution in [-0.4, -0.2) is 54.6 Å². The molecular weight excluding hydrogens is 354 g/mol. The van der Waals surface area contributed by atoms with Crippen molar-refractivity contribution in [1.82, 2.24) is 0 Å². The molecule has 0 aromatic heterocycles. The molecular formula is C9H10F2O9S2. The number of hydrogen-bond acceptors (Lipinski definition) is 10. The zero-order valence-corrected chi connectivity index (χ0v) is 12.4. The molecule has 3 fully saturated rings. The molecule has 0 radical (unpaired) electrons. The van der Waals surface area contributed by atoms with Crippen LogP contribution in [0.25, 0.3) is 0 Å². The van der Waals surface area contributed by atoms with Gasteiger partial charge >= 0.3 is 11.2 Å². The summed E-state index contributed by atoms with van der Waals surface area (Å²) in [6.45, 7) is 1.61. The van der Waals surface area contributed by atoms with Gasteiger partial charge in [-0.25, -0.2) is 10.1 Å². The first-order chi connectivity index (χ1) is 10.2. The van der Waals surface area contributed by atoms with Crippen LogP contribution in [0.2, 0.25) is 0 Å². The smallest absolute Gasteiger partial charge is 0.415 e. The summed E-state index contributed by atoms with van der Waals surface area (Å²) < 4.78 is 68.9. The van der Waals surface area contributed by atoms with Crippen LogP contribution in [0.5, 0.6) is 0 Å². The molecule has 9 nitrogen and oxygen atoms in total. The van der Waals surface area contributed by atoms with Gasteiger partial charge in [0, 0.05) is 5.92 Å². The Bertz CT molecular complexity index is 582. The quantitative estimate of drug-likeness (QED) is 0.236. The molecule has 0 aromatic rings. The average Bonchev–Trinajstić information content (AvgIpc) is 3.00. The summed E-state index contributed by atoms with van der Waals surface area (Å²) in [5.74, 6) is -2.48. The molecule has 0 aromatic carbocycles. The summed E-state index contributed by atoms with van der Waals surface area (Å²) >= 11 is -0.791. The Labute approximate surface area is 127 Å². The number of alkyl halides is 2. The van der Waals surface area contributed by atoms with Crippen molar-refractivity contribution in [2.24, 2.45) is 5.92 Å². The first-order valence-corrected chi connectivity index (χ1v) is 8.23. The molecule has 3 aliphatic heterocycles. The number of rotatable bonds is 5. The summed E-state index contributed by atoms with van der Waals surface area (Å²) in [7, 11) is -4.07. The largest absolute Gasteiger partial charge is 0.453 e. The van der Waals surface area contributed by atoms with Gasteiger partial charge in [-0.2, -0.15) is 17.2 Å². The third-order valence-corrected chi connectivity index (χ3v) is 6.07. The zero-order chi connectivity index (χ0) is 16.3. The van der Waals surface area contributed by atoms with E-state index in [2.05, 4.69) is 14.1 Å². The number of ether oxygens (including phenoxy) is 2. The van der Waals surface area contributed by atoms with Crippen LogP contribution in [0, 0.1) is 5.92 Å². The zero-order valence-electron chi connectivity index (χ0n) is 10.7. The van der Waals surface area contributed by atoms with E-state index in [1.54, 1.807) is 6.92 Å². The van der Waals surface area contributed by atoms with Crippen molar-refractivity contribution < 1.29 is 50.3 Å². The van der Waals surface area contributed by atoms with E-state index in [0.717, 1.165) is 0 Å². The molecule has 3 rings (SSSR count). The van der Waals surface area contributed by atoms with E-state index in [0.29, 0.717) is 0 Å². The molecule has 0 aliphatic carbocycles. The van der Waals surface area contributed by atoms with Crippen molar-refractivity contribution in [2.45, 2.75) is 41.8 Å². The van der Waals surface area contributed by atoms with Crippen molar-refractivity contribution in [1.29, 1.82) is 0 Å². The normalized spacial score (nSPS) is 41.8. The summed E-state index contributed by atoms with van der Waals surface area (Å²) in [6, 6.07) is 0. The average molecular weight is 364 g/mol. The predicted molar refractivity (Wildman–Crippen MR) is 62.6 cm³/mol. The topological polar surface area (TPSA) is 118 Å². The summed E-state index contributed by atoms with van der Waals surface area (Å²) in [6.07, 6.45) is -3.80. The standard InChI is InChI=1S/C9H10F2O9S2/c1-2-3-5(17-8(12)9(10,11)21-20-19-13)7-6(16-3)4(2)18-22(7,14)15/h2-7,13H,1H3. The Morgan fingerprint density at radius 2 is 2.00 bits per heavy atom. The minimum absolute atomic E-state index is 0.436. The molecule has 0 saturated carbocycles. The van der Waals surface area contributed by atoms with Crippen LogP contribution in [0.1, 0.15) is 6.92 Å². The number of carbonyl (C=O) groups excluding carboxylic acids is 1. The second-order valence-corrected chi connectivity index (χ2v) is 7.59. The number of halogens is 2. The Balaban J connectivity index is 1.77. The molecule has 1 N–H and O–H groups in total. The third-order valence-electron chi connectivity index (χ3n) is 3.87. The van der Waals surface area contributed by atoms with Crippen molar-refractivity contribution in [3.8, 4) is 0 Å². The number of fused-ring (bicyclic) bond motifs is 1. The van der Waals surface area contributed by atoms with Crippen LogP contribution >= 0.6 is 12.0 Å². The highest BCUT2D eigenvalue weighted by molar-refractivity contribution is 7.96. The van der Waals surface area contributed by atoms with Gasteiger partial charge in [-0.05, 0) is 0 Å². The van der Waals surface area contributed by atoms with Crippen LogP contribution in [0.4, 0.5) is 8.78 Å². The highest BCUT2D eigenvalue weighted by atomic mass is 32.2. The minimum atomic E-state index is -4.21. The van der Waals surface area contributed by atoms with Gasteiger partial charge in [0.05, 0.1) is 0 Å². The van der Waals surface area contributed by atoms with E-state index < -0.39 is 69.0 Å². The molecule has 6 unspecified atom stereocenters. The Hall–Kier alpha value is -0.570. The highest BCUT2D eigenvalue weighted by Crippen LogP contribution is 2.51. The number of hydrogen-bond donors (Lipinski definition) is 1. The van der Waals surface area contributed by atoms with E-state index in [-0.39, 0.29) is 0 Å². The maximum Gasteiger partial charge on any atom is 0.415 e. The fraction of sp³-hybridized carbons (Fsp3) is 0.889. The van der Waals surface area contributed by atoms with E-state index in [9.17, 15) is 22.0 Å². The third kappa shape index (κ3) is 2.31. The second kappa shape index (κ2) is 5.22. The summed E-state index contributed by atoms with van der Waals surface area (Å²) in [4.78, 5) is 11.5. The maximum absolute atomic E-state index is 13.4. The Morgan fingerprint density at radius 3 is 2.64 bits per heavy atom. The molecule has 6 atom stereocenters. The van der Waals surface area contributed by atoms with Gasteiger partial charge in [0.2, 0.25) is 0 Å². The van der Waals surface area contributed by atoms with Crippen LogP contribution in [-0.2, 0) is 37.9 Å². The van der Waals surface area contributed by atoms with Gasteiger partial charge in [-0.3, -0.25) is 4.18 Å². The lowest BCUT2D eigenvalue weighted by molar-refractivity contribution is -0.433. The van der Waals surface area contributed by atoms with Crippen molar-refractivity contribution in [3.63, 3.8) is 0 Å². The molecule has 126 valence electrons. The number of carbonyl (C=O) groups is 1. The Morgan fingerprint density at radius 1 is 1.32 bits per heavy atom. The summed E-state index contributed by atoms with van der Waals surface area (Å²) in [5, 5.41) is 5.26. The van der Waals surface area contributed by atoms with Gasteiger partial charge in [0.25, 0.3) is 10.1 Å². The van der Waals surface area contributed by atoms with E-state index in [1.165, 1.54) is 0 Å². The van der Waals surface area contributed by atoms with Crippen LogP contribution in [0.3, 0.4) is 0 Å². The SMILES string of the molecule is CC1C2OC3C1OS(=O)(=O)C3C2OC(=O)C(F)(F)SOOO. The minimum Gasteiger partial charge on any atom is -0.453 e. The molecule has 3 heterocycles. The number of esters is 1. The first kappa shape index (κ1) is 16.3. The summed E-state index contributed by atoms with van der Waals surface area (Å²) in [5.41, 5.74) is 0. The fourth-order valence-electron chi connectivity index (χ4n) is 2.99. The molecule has 3 aliphatic rings. The maximum atomic E-state index is 13.4. The molecule has 3 saturated heterocycles. The highest BCUT2D eigenvalue weighted by Gasteiger charge is 2.71. The lowest BCUT2D eigenvalue weighted by Crippen LogP contribution is -2.48. The fourth-order valence-corrected chi connectivity index (χ4v) is 5.03. The molecule has 2 bridgehead atoms. The van der Waals surface area contributed by atoms with E-state index >= 15 is 0 Å². The van der Waals surface area contributed by atoms with Gasteiger partial charge in [-0.15, -0.1) is 4.33 Å². The molecule has 22 heavy (non-hydrogen) atoms. The van der Waals surface area contributed by atoms with Crippen molar-refractivity contribution in [2.75, 3.05) is 0 Å². The van der Waals surface area contributed by atoms with Gasteiger partial charge in [-0.1, -0.05) is 12.0 Å². The van der Waals surface area contributed by atoms with Gasteiger partial charge < -0.3 is 9.47 Å². The molecule has 0 spiro atoms. The molecule has 13 heteroatoms. The lowest BCUT2D eigenvalue weighted by Gasteiger charge is -2.26. The van der Waals surface area contributed by atoms with E-state index in [4.69, 9.17) is 14.2 Å². The van der Waals surface area contributed by atoms with Crippen molar-refractivity contribution >= 4 is 28.1 Å². The van der Waals surface area contributed by atoms with E-state index in [1.807, 2.05) is 0 Å². The van der Waals surface area contributed by atoms with Crippen molar-refractivity contribution in [3.05, 3.63) is 0 Å². The molecule has 0 amide bonds. The van der Waals surface area contributed by atoms with Crippen LogP contribution in [0.15, 0.2) is 0 Å². The van der Waals surface area contributed by atoms with Crippen LogP contribution < -0.4 is 0 Å². The predicted octanol–water partition coefficient (Wildman–Crippen LogP) is 0.0747.